The predicted octanol–water partition coefficient (Wildman–Crippen LogP) is 4.45. The first kappa shape index (κ1) is 15.6. The minimum atomic E-state index is -0.0430. The van der Waals surface area contributed by atoms with Crippen LogP contribution in [-0.2, 0) is 17.1 Å². The van der Waals surface area contributed by atoms with Crippen molar-refractivity contribution < 1.29 is 4.79 Å². The monoisotopic (exact) mass is 369 g/mol. The lowest BCUT2D eigenvalue weighted by Crippen LogP contribution is -2.30. The highest BCUT2D eigenvalue weighted by Crippen LogP contribution is 2.22. The Hall–Kier alpha value is -0.780. The van der Waals surface area contributed by atoms with Crippen LogP contribution in [0, 0.1) is 0 Å². The summed E-state index contributed by atoms with van der Waals surface area (Å²) in [5, 5.41) is 2.94. The number of thiophene rings is 1. The zero-order valence-electron chi connectivity index (χ0n) is 11.1. The van der Waals surface area contributed by atoms with E-state index in [9.17, 15) is 4.79 Å². The van der Waals surface area contributed by atoms with Gasteiger partial charge in [0, 0.05) is 10.6 Å². The van der Waals surface area contributed by atoms with Crippen molar-refractivity contribution in [2.45, 2.75) is 24.5 Å². The zero-order chi connectivity index (χ0) is 14.4. The zero-order valence-corrected chi connectivity index (χ0v) is 14.4. The molecule has 2 nitrogen and oxygen atoms in total. The van der Waals surface area contributed by atoms with Crippen molar-refractivity contribution in [3.8, 4) is 0 Å². The van der Waals surface area contributed by atoms with Crippen molar-refractivity contribution >= 4 is 44.9 Å². The van der Waals surface area contributed by atoms with Crippen LogP contribution in [0.2, 0.25) is 0 Å². The van der Waals surface area contributed by atoms with Crippen molar-refractivity contribution in [2.24, 2.45) is 0 Å². The standard InChI is InChI=1S/C15H16BrNOS2/c1-11(19-10-12-5-3-2-4-6-12)15(18)17-9-13-7-8-14(16)20-13/h2-8,11H,9-10H2,1H3,(H,17,18)/t11-/m1/s1. The number of hydrogen-bond acceptors (Lipinski definition) is 3. The molecule has 0 saturated heterocycles. The van der Waals surface area contributed by atoms with Crippen LogP contribution in [-0.4, -0.2) is 11.2 Å². The van der Waals surface area contributed by atoms with Gasteiger partial charge in [0.25, 0.3) is 0 Å². The smallest absolute Gasteiger partial charge is 0.233 e. The van der Waals surface area contributed by atoms with E-state index in [-0.39, 0.29) is 11.2 Å². The first-order valence-corrected chi connectivity index (χ1v) is 8.98. The normalized spacial score (nSPS) is 12.1. The van der Waals surface area contributed by atoms with Gasteiger partial charge >= 0.3 is 0 Å². The van der Waals surface area contributed by atoms with Crippen LogP contribution in [0.15, 0.2) is 46.3 Å². The van der Waals surface area contributed by atoms with Gasteiger partial charge in [0.15, 0.2) is 0 Å². The molecule has 1 aromatic carbocycles. The van der Waals surface area contributed by atoms with Gasteiger partial charge in [-0.15, -0.1) is 23.1 Å². The molecule has 106 valence electrons. The SMILES string of the molecule is C[C@@H](SCc1ccccc1)C(=O)NCc1ccc(Br)s1. The van der Waals surface area contributed by atoms with Gasteiger partial charge in [-0.3, -0.25) is 4.79 Å². The summed E-state index contributed by atoms with van der Waals surface area (Å²) in [7, 11) is 0. The fourth-order valence-corrected chi connectivity index (χ4v) is 3.93. The van der Waals surface area contributed by atoms with Gasteiger partial charge in [0.05, 0.1) is 15.6 Å². The molecule has 0 aliphatic rings. The lowest BCUT2D eigenvalue weighted by Gasteiger charge is -2.11. The average molecular weight is 370 g/mol. The lowest BCUT2D eigenvalue weighted by molar-refractivity contribution is -0.120. The van der Waals surface area contributed by atoms with Crippen molar-refractivity contribution in [1.29, 1.82) is 0 Å². The van der Waals surface area contributed by atoms with E-state index < -0.39 is 0 Å². The van der Waals surface area contributed by atoms with Gasteiger partial charge in [0.1, 0.15) is 0 Å². The summed E-state index contributed by atoms with van der Waals surface area (Å²) in [6, 6.07) is 14.2. The van der Waals surface area contributed by atoms with Crippen LogP contribution in [0.4, 0.5) is 0 Å². The van der Waals surface area contributed by atoms with Crippen molar-refractivity contribution in [3.05, 3.63) is 56.7 Å². The molecule has 1 heterocycles. The number of thioether (sulfide) groups is 1. The highest BCUT2D eigenvalue weighted by Gasteiger charge is 2.13. The Morgan fingerprint density at radius 1 is 1.30 bits per heavy atom. The van der Waals surface area contributed by atoms with Crippen molar-refractivity contribution in [1.82, 2.24) is 5.32 Å². The third-order valence-corrected chi connectivity index (χ3v) is 5.62. The molecule has 1 atom stereocenters. The van der Waals surface area contributed by atoms with E-state index in [2.05, 4.69) is 33.4 Å². The van der Waals surface area contributed by atoms with Crippen LogP contribution in [0.1, 0.15) is 17.4 Å². The molecule has 0 saturated carbocycles. The number of carbonyl (C=O) groups excluding carboxylic acids is 1. The summed E-state index contributed by atoms with van der Waals surface area (Å²) in [5.41, 5.74) is 1.25. The third-order valence-electron chi connectivity index (χ3n) is 2.78. The summed E-state index contributed by atoms with van der Waals surface area (Å²) >= 11 is 6.73. The van der Waals surface area contributed by atoms with E-state index in [4.69, 9.17) is 0 Å². The first-order chi connectivity index (χ1) is 9.65. The lowest BCUT2D eigenvalue weighted by atomic mass is 10.2. The molecule has 1 N–H and O–H groups in total. The van der Waals surface area contributed by atoms with Crippen LogP contribution >= 0.6 is 39.0 Å². The van der Waals surface area contributed by atoms with Crippen molar-refractivity contribution in [3.63, 3.8) is 0 Å². The van der Waals surface area contributed by atoms with E-state index in [1.54, 1.807) is 23.1 Å². The van der Waals surface area contributed by atoms with Crippen LogP contribution in [0.3, 0.4) is 0 Å². The summed E-state index contributed by atoms with van der Waals surface area (Å²) in [5.74, 6) is 0.954. The number of amides is 1. The second-order valence-corrected chi connectivity index (χ2v) is 8.24. The number of halogens is 1. The fraction of sp³-hybridized carbons (Fsp3) is 0.267. The van der Waals surface area contributed by atoms with Gasteiger partial charge in [-0.1, -0.05) is 30.3 Å². The molecule has 0 radical (unpaired) electrons. The summed E-state index contributed by atoms with van der Waals surface area (Å²) < 4.78 is 1.09. The fourth-order valence-electron chi connectivity index (χ4n) is 1.64. The number of rotatable bonds is 6. The van der Waals surface area contributed by atoms with E-state index >= 15 is 0 Å². The number of benzene rings is 1. The third kappa shape index (κ3) is 4.96. The molecule has 0 spiro atoms. The molecule has 5 heteroatoms. The average Bonchev–Trinajstić information content (AvgIpc) is 2.89. The second kappa shape index (κ2) is 7.86. The Balaban J connectivity index is 1.74. The second-order valence-electron chi connectivity index (χ2n) is 4.36. The minimum absolute atomic E-state index is 0.0430. The maximum Gasteiger partial charge on any atom is 0.233 e. The summed E-state index contributed by atoms with van der Waals surface area (Å²) in [6.07, 6.45) is 0. The Morgan fingerprint density at radius 3 is 2.70 bits per heavy atom. The van der Waals surface area contributed by atoms with E-state index in [0.717, 1.165) is 14.4 Å². The van der Waals surface area contributed by atoms with Crippen LogP contribution in [0.25, 0.3) is 0 Å². The molecular formula is C15H16BrNOS2. The van der Waals surface area contributed by atoms with Crippen LogP contribution < -0.4 is 5.32 Å². The quantitative estimate of drug-likeness (QED) is 0.814. The maximum absolute atomic E-state index is 12.0. The van der Waals surface area contributed by atoms with Gasteiger partial charge in [-0.05, 0) is 40.5 Å². The molecule has 2 aromatic rings. The Kier molecular flexibility index (Phi) is 6.13. The molecule has 0 aliphatic carbocycles. The van der Waals surface area contributed by atoms with Gasteiger partial charge in [0.2, 0.25) is 5.91 Å². The molecule has 0 aliphatic heterocycles. The number of nitrogens with one attached hydrogen (secondary N) is 1. The Labute approximate surface area is 136 Å². The minimum Gasteiger partial charge on any atom is -0.350 e. The van der Waals surface area contributed by atoms with Gasteiger partial charge < -0.3 is 5.32 Å². The number of carbonyl (C=O) groups is 1. The molecular weight excluding hydrogens is 354 g/mol. The highest BCUT2D eigenvalue weighted by atomic mass is 79.9. The largest absolute Gasteiger partial charge is 0.350 e. The summed E-state index contributed by atoms with van der Waals surface area (Å²) in [6.45, 7) is 2.55. The van der Waals surface area contributed by atoms with E-state index in [1.807, 2.05) is 37.3 Å². The molecule has 0 fully saturated rings. The van der Waals surface area contributed by atoms with Crippen molar-refractivity contribution in [2.75, 3.05) is 0 Å². The van der Waals surface area contributed by atoms with Gasteiger partial charge in [-0.25, -0.2) is 0 Å². The molecule has 1 amide bonds. The Bertz CT molecular complexity index is 556. The molecule has 20 heavy (non-hydrogen) atoms. The van der Waals surface area contributed by atoms with Crippen LogP contribution in [0.5, 0.6) is 0 Å². The maximum atomic E-state index is 12.0. The van der Waals surface area contributed by atoms with Gasteiger partial charge in [-0.2, -0.15) is 0 Å². The summed E-state index contributed by atoms with van der Waals surface area (Å²) in [4.78, 5) is 13.2. The Morgan fingerprint density at radius 2 is 2.05 bits per heavy atom. The first-order valence-electron chi connectivity index (χ1n) is 6.32. The van der Waals surface area contributed by atoms with E-state index in [1.165, 1.54) is 5.56 Å². The highest BCUT2D eigenvalue weighted by molar-refractivity contribution is 9.11. The molecule has 0 unspecified atom stereocenters. The van der Waals surface area contributed by atoms with E-state index in [0.29, 0.717) is 6.54 Å². The molecule has 0 bridgehead atoms. The molecule has 2 rings (SSSR count). The number of hydrogen-bond donors (Lipinski definition) is 1. The topological polar surface area (TPSA) is 29.1 Å². The predicted molar refractivity (Wildman–Crippen MR) is 91.1 cm³/mol. The molecule has 1 aromatic heterocycles.